The minimum atomic E-state index is 0.0456. The van der Waals surface area contributed by atoms with E-state index in [0.717, 1.165) is 48.7 Å². The van der Waals surface area contributed by atoms with Gasteiger partial charge in [-0.05, 0) is 61.8 Å². The van der Waals surface area contributed by atoms with Gasteiger partial charge < -0.3 is 24.3 Å². The Morgan fingerprint density at radius 1 is 1.15 bits per heavy atom. The van der Waals surface area contributed by atoms with Crippen LogP contribution >= 0.6 is 0 Å². The van der Waals surface area contributed by atoms with Crippen molar-refractivity contribution in [2.75, 3.05) is 33.5 Å². The minimum Gasteiger partial charge on any atom is -0.454 e. The van der Waals surface area contributed by atoms with Crippen LogP contribution in [0.5, 0.6) is 11.5 Å². The fraction of sp³-hybridized carbons (Fsp3) is 0.308. The number of fused-ring (bicyclic) bond motifs is 1. The number of hydrogen-bond acceptors (Lipinski definition) is 5. The molecule has 1 aromatic heterocycles. The standard InChI is InChI=1S/C26H30N4O3/c1-29(16-12-22-8-11-24-25(18-22)33-20-32-24)15-3-13-28-26(31)5-2-4-21-6-9-23(10-7-21)30-17-14-27-19-30/h2,4,6-11,14,17-19H,3,5,12-13,15-16,20H2,1H3,(H,28,31). The van der Waals surface area contributed by atoms with Crippen LogP contribution in [-0.4, -0.2) is 53.8 Å². The van der Waals surface area contributed by atoms with E-state index in [1.54, 1.807) is 12.5 Å². The van der Waals surface area contributed by atoms with Gasteiger partial charge in [0.1, 0.15) is 0 Å². The first-order chi connectivity index (χ1) is 16.2. The first-order valence-electron chi connectivity index (χ1n) is 11.3. The largest absolute Gasteiger partial charge is 0.454 e. The van der Waals surface area contributed by atoms with Crippen molar-refractivity contribution in [2.24, 2.45) is 0 Å². The second kappa shape index (κ2) is 11.3. The van der Waals surface area contributed by atoms with Crippen LogP contribution in [0.15, 0.2) is 67.3 Å². The predicted octanol–water partition coefficient (Wildman–Crippen LogP) is 3.69. The Balaban J connectivity index is 1.09. The Labute approximate surface area is 194 Å². The van der Waals surface area contributed by atoms with E-state index in [1.807, 2.05) is 53.2 Å². The zero-order valence-corrected chi connectivity index (χ0v) is 18.9. The molecular formula is C26H30N4O3. The van der Waals surface area contributed by atoms with E-state index in [-0.39, 0.29) is 5.91 Å². The number of imidazole rings is 1. The van der Waals surface area contributed by atoms with E-state index in [4.69, 9.17) is 9.47 Å². The molecule has 1 amide bonds. The van der Waals surface area contributed by atoms with Crippen LogP contribution in [-0.2, 0) is 11.2 Å². The van der Waals surface area contributed by atoms with Crippen LogP contribution in [0, 0.1) is 0 Å². The Hall–Kier alpha value is -3.58. The van der Waals surface area contributed by atoms with E-state index in [0.29, 0.717) is 19.8 Å². The molecule has 1 N–H and O–H groups in total. The molecule has 0 fully saturated rings. The van der Waals surface area contributed by atoms with Crippen molar-refractivity contribution in [1.29, 1.82) is 0 Å². The number of aromatic nitrogens is 2. The van der Waals surface area contributed by atoms with E-state index < -0.39 is 0 Å². The second-order valence-corrected chi connectivity index (χ2v) is 8.11. The van der Waals surface area contributed by atoms with Crippen LogP contribution in [0.3, 0.4) is 0 Å². The molecule has 2 aromatic carbocycles. The number of carbonyl (C=O) groups excluding carboxylic acids is 1. The van der Waals surface area contributed by atoms with Crippen LogP contribution in [0.4, 0.5) is 0 Å². The number of nitrogens with one attached hydrogen (secondary N) is 1. The maximum absolute atomic E-state index is 12.1. The number of carbonyl (C=O) groups is 1. The molecule has 0 spiro atoms. The van der Waals surface area contributed by atoms with Crippen LogP contribution < -0.4 is 14.8 Å². The molecular weight excluding hydrogens is 416 g/mol. The zero-order valence-electron chi connectivity index (χ0n) is 18.9. The Morgan fingerprint density at radius 3 is 2.82 bits per heavy atom. The summed E-state index contributed by atoms with van der Waals surface area (Å²) in [5.41, 5.74) is 3.36. The van der Waals surface area contributed by atoms with Gasteiger partial charge in [-0.1, -0.05) is 30.4 Å². The lowest BCUT2D eigenvalue weighted by Crippen LogP contribution is -2.28. The third-order valence-corrected chi connectivity index (χ3v) is 5.57. The fourth-order valence-corrected chi connectivity index (χ4v) is 3.65. The lowest BCUT2D eigenvalue weighted by molar-refractivity contribution is -0.120. The number of nitrogens with zero attached hydrogens (tertiary/aromatic N) is 3. The van der Waals surface area contributed by atoms with Crippen molar-refractivity contribution in [3.8, 4) is 17.2 Å². The van der Waals surface area contributed by atoms with Gasteiger partial charge in [-0.25, -0.2) is 4.98 Å². The molecule has 0 saturated heterocycles. The smallest absolute Gasteiger partial charge is 0.231 e. The number of ether oxygens (including phenoxy) is 2. The maximum Gasteiger partial charge on any atom is 0.231 e. The van der Waals surface area contributed by atoms with E-state index in [2.05, 4.69) is 34.4 Å². The topological polar surface area (TPSA) is 68.6 Å². The third kappa shape index (κ3) is 6.70. The highest BCUT2D eigenvalue weighted by Crippen LogP contribution is 2.32. The van der Waals surface area contributed by atoms with Gasteiger partial charge in [0.2, 0.25) is 12.7 Å². The average molecular weight is 447 g/mol. The molecule has 7 heteroatoms. The van der Waals surface area contributed by atoms with Gasteiger partial charge in [-0.2, -0.15) is 0 Å². The lowest BCUT2D eigenvalue weighted by Gasteiger charge is -2.16. The summed E-state index contributed by atoms with van der Waals surface area (Å²) in [6, 6.07) is 14.2. The van der Waals surface area contributed by atoms with Gasteiger partial charge in [-0.3, -0.25) is 4.79 Å². The van der Waals surface area contributed by atoms with Crippen molar-refractivity contribution >= 4 is 12.0 Å². The monoisotopic (exact) mass is 446 g/mol. The first kappa shape index (κ1) is 22.6. The normalized spacial score (nSPS) is 12.5. The lowest BCUT2D eigenvalue weighted by atomic mass is 10.1. The summed E-state index contributed by atoms with van der Waals surface area (Å²) in [5.74, 6) is 1.70. The molecule has 2 heterocycles. The molecule has 0 radical (unpaired) electrons. The van der Waals surface area contributed by atoms with Crippen molar-refractivity contribution < 1.29 is 14.3 Å². The molecule has 0 unspecified atom stereocenters. The SMILES string of the molecule is CN(CCCNC(=O)CC=Cc1ccc(-n2ccnc2)cc1)CCc1ccc2c(c1)OCO2. The van der Waals surface area contributed by atoms with Gasteiger partial charge in [-0.15, -0.1) is 0 Å². The average Bonchev–Trinajstić information content (AvgIpc) is 3.53. The van der Waals surface area contributed by atoms with Crippen LogP contribution in [0.2, 0.25) is 0 Å². The summed E-state index contributed by atoms with van der Waals surface area (Å²) in [7, 11) is 2.11. The highest BCUT2D eigenvalue weighted by Gasteiger charge is 2.13. The zero-order chi connectivity index (χ0) is 22.9. The van der Waals surface area contributed by atoms with Crippen molar-refractivity contribution in [3.05, 3.63) is 78.4 Å². The number of benzene rings is 2. The van der Waals surface area contributed by atoms with Gasteiger partial charge in [0.05, 0.1) is 6.33 Å². The second-order valence-electron chi connectivity index (χ2n) is 8.11. The molecule has 0 aliphatic carbocycles. The molecule has 4 rings (SSSR count). The van der Waals surface area contributed by atoms with Crippen molar-refractivity contribution in [2.45, 2.75) is 19.3 Å². The molecule has 7 nitrogen and oxygen atoms in total. The van der Waals surface area contributed by atoms with Crippen LogP contribution in [0.25, 0.3) is 11.8 Å². The van der Waals surface area contributed by atoms with Gasteiger partial charge >= 0.3 is 0 Å². The molecule has 172 valence electrons. The molecule has 0 saturated carbocycles. The summed E-state index contributed by atoms with van der Waals surface area (Å²) in [6.45, 7) is 2.88. The van der Waals surface area contributed by atoms with Gasteiger partial charge in [0.25, 0.3) is 0 Å². The molecule has 1 aliphatic heterocycles. The molecule has 1 aliphatic rings. The molecule has 0 atom stereocenters. The highest BCUT2D eigenvalue weighted by atomic mass is 16.7. The van der Waals surface area contributed by atoms with Crippen LogP contribution in [0.1, 0.15) is 24.0 Å². The Bertz CT molecular complexity index is 1060. The Kier molecular flexibility index (Phi) is 7.76. The first-order valence-corrected chi connectivity index (χ1v) is 11.3. The van der Waals surface area contributed by atoms with E-state index in [9.17, 15) is 4.79 Å². The molecule has 0 bridgehead atoms. The van der Waals surface area contributed by atoms with Crippen molar-refractivity contribution in [3.63, 3.8) is 0 Å². The van der Waals surface area contributed by atoms with Crippen molar-refractivity contribution in [1.82, 2.24) is 19.8 Å². The Morgan fingerprint density at radius 2 is 2.00 bits per heavy atom. The van der Waals surface area contributed by atoms with Gasteiger partial charge in [0, 0.05) is 37.6 Å². The quantitative estimate of drug-likeness (QED) is 0.455. The summed E-state index contributed by atoms with van der Waals surface area (Å²) in [5, 5.41) is 3.00. The summed E-state index contributed by atoms with van der Waals surface area (Å²) >= 11 is 0. The summed E-state index contributed by atoms with van der Waals surface area (Å²) in [4.78, 5) is 18.4. The third-order valence-electron chi connectivity index (χ3n) is 5.57. The van der Waals surface area contributed by atoms with E-state index >= 15 is 0 Å². The molecule has 3 aromatic rings. The summed E-state index contributed by atoms with van der Waals surface area (Å²) in [6.07, 6.45) is 11.6. The predicted molar refractivity (Wildman–Crippen MR) is 129 cm³/mol. The molecule has 33 heavy (non-hydrogen) atoms. The fourth-order valence-electron chi connectivity index (χ4n) is 3.65. The number of likely N-dealkylation sites (N-methyl/N-ethyl adjacent to an activating group) is 1. The van der Waals surface area contributed by atoms with Gasteiger partial charge in [0.15, 0.2) is 11.5 Å². The summed E-state index contributed by atoms with van der Waals surface area (Å²) < 4.78 is 12.7. The highest BCUT2D eigenvalue weighted by molar-refractivity contribution is 5.78. The maximum atomic E-state index is 12.1. The minimum absolute atomic E-state index is 0.0456. The number of amides is 1. The number of rotatable bonds is 11. The number of hydrogen-bond donors (Lipinski definition) is 1. The van der Waals surface area contributed by atoms with E-state index in [1.165, 1.54) is 5.56 Å².